The standard InChI is InChI=1S/C28H28N2O4/c1-5-34-21-10-8-9-18(17-21)25(31)23-24(22-11-6-7-16-29-22)30(27(33)26(23)32)20-14-12-19(13-15-20)28(2,3)4/h6-17,24,31H,5H2,1-4H3/b25-23+. The van der Waals surface area contributed by atoms with Gasteiger partial charge in [0.2, 0.25) is 0 Å². The number of ketones is 1. The molecule has 1 N–H and O–H groups in total. The van der Waals surface area contributed by atoms with E-state index in [9.17, 15) is 14.7 Å². The summed E-state index contributed by atoms with van der Waals surface area (Å²) in [5.41, 5.74) is 2.50. The molecule has 1 unspecified atom stereocenters. The number of carbonyl (C=O) groups is 2. The molecule has 3 aromatic rings. The molecule has 2 heterocycles. The van der Waals surface area contributed by atoms with E-state index >= 15 is 0 Å². The fourth-order valence-electron chi connectivity index (χ4n) is 4.09. The van der Waals surface area contributed by atoms with Crippen LogP contribution in [0.1, 0.15) is 50.6 Å². The minimum absolute atomic E-state index is 0.00255. The van der Waals surface area contributed by atoms with Gasteiger partial charge in [-0.05, 0) is 54.3 Å². The van der Waals surface area contributed by atoms with Gasteiger partial charge in [0.05, 0.1) is 17.9 Å². The molecule has 0 saturated carbocycles. The Bertz CT molecular complexity index is 1240. The number of benzene rings is 2. The number of hydrogen-bond acceptors (Lipinski definition) is 5. The van der Waals surface area contributed by atoms with Crippen LogP contribution in [0.3, 0.4) is 0 Å². The van der Waals surface area contributed by atoms with Crippen LogP contribution in [0, 0.1) is 0 Å². The van der Waals surface area contributed by atoms with Gasteiger partial charge in [0, 0.05) is 17.4 Å². The van der Waals surface area contributed by atoms with Crippen molar-refractivity contribution in [2.24, 2.45) is 0 Å². The molecule has 1 saturated heterocycles. The van der Waals surface area contributed by atoms with E-state index in [2.05, 4.69) is 25.8 Å². The van der Waals surface area contributed by atoms with E-state index in [0.29, 0.717) is 29.3 Å². The van der Waals surface area contributed by atoms with Crippen LogP contribution in [0.4, 0.5) is 5.69 Å². The van der Waals surface area contributed by atoms with E-state index in [1.54, 1.807) is 48.7 Å². The summed E-state index contributed by atoms with van der Waals surface area (Å²) in [4.78, 5) is 32.4. The first-order valence-electron chi connectivity index (χ1n) is 11.3. The summed E-state index contributed by atoms with van der Waals surface area (Å²) in [5.74, 6) is -1.16. The normalized spacial score (nSPS) is 17.8. The minimum atomic E-state index is -0.863. The summed E-state index contributed by atoms with van der Waals surface area (Å²) in [6, 6.07) is 18.8. The first-order chi connectivity index (χ1) is 16.2. The summed E-state index contributed by atoms with van der Waals surface area (Å²) in [6.07, 6.45) is 1.61. The monoisotopic (exact) mass is 456 g/mol. The SMILES string of the molecule is CCOc1cccc(/C(O)=C2\C(=O)C(=O)N(c3ccc(C(C)(C)C)cc3)C2c2ccccn2)c1. The number of pyridine rings is 1. The minimum Gasteiger partial charge on any atom is -0.507 e. The highest BCUT2D eigenvalue weighted by atomic mass is 16.5. The molecule has 0 bridgehead atoms. The van der Waals surface area contributed by atoms with Crippen molar-refractivity contribution in [2.75, 3.05) is 11.5 Å². The predicted molar refractivity (Wildman–Crippen MR) is 132 cm³/mol. The second-order valence-electron chi connectivity index (χ2n) is 9.18. The molecule has 1 aliphatic heterocycles. The van der Waals surface area contributed by atoms with Gasteiger partial charge in [0.25, 0.3) is 11.7 Å². The van der Waals surface area contributed by atoms with Crippen LogP contribution in [0.25, 0.3) is 5.76 Å². The Morgan fingerprint density at radius 2 is 1.76 bits per heavy atom. The maximum atomic E-state index is 13.3. The molecule has 174 valence electrons. The van der Waals surface area contributed by atoms with Crippen molar-refractivity contribution < 1.29 is 19.4 Å². The first-order valence-corrected chi connectivity index (χ1v) is 11.3. The van der Waals surface area contributed by atoms with E-state index in [1.165, 1.54) is 4.90 Å². The number of rotatable bonds is 5. The molecule has 1 aliphatic rings. The van der Waals surface area contributed by atoms with Crippen molar-refractivity contribution in [1.82, 2.24) is 4.98 Å². The average molecular weight is 457 g/mol. The number of aliphatic hydroxyl groups is 1. The Balaban J connectivity index is 1.87. The fourth-order valence-corrected chi connectivity index (χ4v) is 4.09. The quantitative estimate of drug-likeness (QED) is 0.316. The summed E-state index contributed by atoms with van der Waals surface area (Å²) in [6.45, 7) is 8.66. The van der Waals surface area contributed by atoms with Gasteiger partial charge in [0.15, 0.2) is 0 Å². The molecule has 1 aromatic heterocycles. The topological polar surface area (TPSA) is 79.7 Å². The van der Waals surface area contributed by atoms with E-state index in [4.69, 9.17) is 4.74 Å². The summed E-state index contributed by atoms with van der Waals surface area (Å²) in [7, 11) is 0. The van der Waals surface area contributed by atoms with Crippen LogP contribution >= 0.6 is 0 Å². The lowest BCUT2D eigenvalue weighted by atomic mass is 9.87. The highest BCUT2D eigenvalue weighted by Gasteiger charge is 2.47. The van der Waals surface area contributed by atoms with Gasteiger partial charge in [-0.1, -0.05) is 51.1 Å². The number of amides is 1. The van der Waals surface area contributed by atoms with Gasteiger partial charge in [-0.3, -0.25) is 19.5 Å². The highest BCUT2D eigenvalue weighted by Crippen LogP contribution is 2.42. The van der Waals surface area contributed by atoms with Crippen molar-refractivity contribution in [1.29, 1.82) is 0 Å². The van der Waals surface area contributed by atoms with Crippen LogP contribution in [0.5, 0.6) is 5.75 Å². The molecule has 6 heteroatoms. The van der Waals surface area contributed by atoms with Crippen molar-refractivity contribution >= 4 is 23.1 Å². The van der Waals surface area contributed by atoms with Gasteiger partial charge in [-0.25, -0.2) is 0 Å². The molecule has 2 aromatic carbocycles. The van der Waals surface area contributed by atoms with Gasteiger partial charge in [-0.15, -0.1) is 0 Å². The van der Waals surface area contributed by atoms with E-state index in [-0.39, 0.29) is 16.7 Å². The third-order valence-corrected chi connectivity index (χ3v) is 5.84. The van der Waals surface area contributed by atoms with Crippen LogP contribution in [-0.4, -0.2) is 28.4 Å². The second-order valence-corrected chi connectivity index (χ2v) is 9.18. The molecule has 1 amide bonds. The van der Waals surface area contributed by atoms with Crippen LogP contribution in [0.15, 0.2) is 78.5 Å². The summed E-state index contributed by atoms with van der Waals surface area (Å²) >= 11 is 0. The van der Waals surface area contributed by atoms with Gasteiger partial charge >= 0.3 is 0 Å². The van der Waals surface area contributed by atoms with E-state index in [0.717, 1.165) is 5.56 Å². The fraction of sp³-hybridized carbons (Fsp3) is 0.250. The van der Waals surface area contributed by atoms with Crippen LogP contribution in [0.2, 0.25) is 0 Å². The Labute approximate surface area is 199 Å². The average Bonchev–Trinajstić information content (AvgIpc) is 3.09. The zero-order valence-electron chi connectivity index (χ0n) is 19.8. The lowest BCUT2D eigenvalue weighted by Gasteiger charge is -2.26. The second kappa shape index (κ2) is 9.14. The lowest BCUT2D eigenvalue weighted by Crippen LogP contribution is -2.30. The molecule has 6 nitrogen and oxygen atoms in total. The third-order valence-electron chi connectivity index (χ3n) is 5.84. The first kappa shape index (κ1) is 23.2. The zero-order valence-corrected chi connectivity index (χ0v) is 19.8. The van der Waals surface area contributed by atoms with Gasteiger partial charge in [0.1, 0.15) is 17.6 Å². The smallest absolute Gasteiger partial charge is 0.300 e. The number of hydrogen-bond donors (Lipinski definition) is 1. The summed E-state index contributed by atoms with van der Waals surface area (Å²) < 4.78 is 5.54. The zero-order chi connectivity index (χ0) is 24.5. The van der Waals surface area contributed by atoms with Crippen molar-refractivity contribution in [2.45, 2.75) is 39.2 Å². The number of nitrogens with zero attached hydrogens (tertiary/aromatic N) is 2. The Hall–Kier alpha value is -3.93. The molecule has 34 heavy (non-hydrogen) atoms. The number of aromatic nitrogens is 1. The highest BCUT2D eigenvalue weighted by molar-refractivity contribution is 6.51. The molecular weight excluding hydrogens is 428 g/mol. The van der Waals surface area contributed by atoms with Crippen LogP contribution < -0.4 is 9.64 Å². The molecule has 0 radical (unpaired) electrons. The summed E-state index contributed by atoms with van der Waals surface area (Å²) in [5, 5.41) is 11.2. The molecule has 4 rings (SSSR count). The third kappa shape index (κ3) is 4.31. The molecule has 1 fully saturated rings. The molecule has 0 spiro atoms. The number of carbonyl (C=O) groups excluding carboxylic acids is 2. The number of Topliss-reactive ketones (excluding diaryl/α,β-unsaturated/α-hetero) is 1. The van der Waals surface area contributed by atoms with E-state index in [1.807, 2.05) is 31.2 Å². The number of anilines is 1. The molecule has 1 atom stereocenters. The van der Waals surface area contributed by atoms with Gasteiger partial charge in [-0.2, -0.15) is 0 Å². The Morgan fingerprint density at radius 1 is 1.03 bits per heavy atom. The largest absolute Gasteiger partial charge is 0.507 e. The van der Waals surface area contributed by atoms with Crippen molar-refractivity contribution in [3.05, 3.63) is 95.3 Å². The molecule has 0 aliphatic carbocycles. The van der Waals surface area contributed by atoms with Crippen molar-refractivity contribution in [3.63, 3.8) is 0 Å². The Morgan fingerprint density at radius 3 is 2.38 bits per heavy atom. The van der Waals surface area contributed by atoms with E-state index < -0.39 is 17.7 Å². The maximum absolute atomic E-state index is 13.3. The number of aliphatic hydroxyl groups excluding tert-OH is 1. The van der Waals surface area contributed by atoms with Crippen molar-refractivity contribution in [3.8, 4) is 5.75 Å². The van der Waals surface area contributed by atoms with Gasteiger partial charge < -0.3 is 9.84 Å². The van der Waals surface area contributed by atoms with Crippen LogP contribution in [-0.2, 0) is 15.0 Å². The maximum Gasteiger partial charge on any atom is 0.300 e. The Kier molecular flexibility index (Phi) is 6.24. The number of ether oxygens (including phenoxy) is 1. The predicted octanol–water partition coefficient (Wildman–Crippen LogP) is 5.40. The lowest BCUT2D eigenvalue weighted by molar-refractivity contribution is -0.132. The molecular formula is C28H28N2O4.